The number of halogens is 1. The van der Waals surface area contributed by atoms with Crippen molar-refractivity contribution in [2.75, 3.05) is 0 Å². The standard InChI is InChI=1S/C12H11ClN4O2/c13-6-12-14-16-17(15-12)7-9(18)11-5-8-3-1-2-4-10(8)19-11/h1-5,9,18H,6-7H2. The van der Waals surface area contributed by atoms with Gasteiger partial charge in [0.2, 0.25) is 0 Å². The molecule has 19 heavy (non-hydrogen) atoms. The molecule has 98 valence electrons. The Balaban J connectivity index is 1.81. The third-order valence-corrected chi connectivity index (χ3v) is 2.96. The number of tetrazole rings is 1. The van der Waals surface area contributed by atoms with Gasteiger partial charge in [-0.3, -0.25) is 0 Å². The fourth-order valence-electron chi connectivity index (χ4n) is 1.82. The van der Waals surface area contributed by atoms with Crippen molar-refractivity contribution in [1.29, 1.82) is 0 Å². The first kappa shape index (κ1) is 12.1. The third kappa shape index (κ3) is 2.45. The summed E-state index contributed by atoms with van der Waals surface area (Å²) in [6.07, 6.45) is -0.829. The van der Waals surface area contributed by atoms with Gasteiger partial charge >= 0.3 is 0 Å². The van der Waals surface area contributed by atoms with Gasteiger partial charge in [0, 0.05) is 5.39 Å². The summed E-state index contributed by atoms with van der Waals surface area (Å²) >= 11 is 5.59. The van der Waals surface area contributed by atoms with Gasteiger partial charge in [0.05, 0.1) is 12.4 Å². The van der Waals surface area contributed by atoms with Crippen LogP contribution >= 0.6 is 11.6 Å². The quantitative estimate of drug-likeness (QED) is 0.738. The highest BCUT2D eigenvalue weighted by atomic mass is 35.5. The van der Waals surface area contributed by atoms with Crippen LogP contribution in [0.3, 0.4) is 0 Å². The zero-order chi connectivity index (χ0) is 13.2. The molecule has 0 aliphatic heterocycles. The molecule has 0 spiro atoms. The van der Waals surface area contributed by atoms with E-state index in [4.69, 9.17) is 16.0 Å². The minimum Gasteiger partial charge on any atom is -0.458 e. The predicted octanol–water partition coefficient (Wildman–Crippen LogP) is 1.89. The molecular weight excluding hydrogens is 268 g/mol. The van der Waals surface area contributed by atoms with Crippen molar-refractivity contribution in [1.82, 2.24) is 20.2 Å². The molecule has 3 aromatic rings. The number of para-hydroxylation sites is 1. The summed E-state index contributed by atoms with van der Waals surface area (Å²) in [6.45, 7) is 0.170. The van der Waals surface area contributed by atoms with Gasteiger partial charge in [-0.25, -0.2) is 0 Å². The van der Waals surface area contributed by atoms with Crippen LogP contribution in [0.4, 0.5) is 0 Å². The molecule has 0 saturated carbocycles. The van der Waals surface area contributed by atoms with Crippen LogP contribution in [0, 0.1) is 0 Å². The fraction of sp³-hybridized carbons (Fsp3) is 0.250. The van der Waals surface area contributed by atoms with Gasteiger partial charge in [0.25, 0.3) is 0 Å². The molecular formula is C12H11ClN4O2. The van der Waals surface area contributed by atoms with Gasteiger partial charge in [0.1, 0.15) is 17.4 Å². The van der Waals surface area contributed by atoms with Crippen LogP contribution in [0.15, 0.2) is 34.7 Å². The molecule has 1 aromatic carbocycles. The van der Waals surface area contributed by atoms with Crippen molar-refractivity contribution in [2.24, 2.45) is 0 Å². The number of nitrogens with zero attached hydrogens (tertiary/aromatic N) is 4. The Labute approximate surface area is 113 Å². The van der Waals surface area contributed by atoms with Gasteiger partial charge in [-0.2, -0.15) is 4.80 Å². The maximum atomic E-state index is 10.1. The molecule has 0 radical (unpaired) electrons. The van der Waals surface area contributed by atoms with Gasteiger partial charge in [0.15, 0.2) is 5.82 Å². The van der Waals surface area contributed by atoms with Gasteiger partial charge < -0.3 is 9.52 Å². The predicted molar refractivity (Wildman–Crippen MR) is 68.5 cm³/mol. The molecule has 0 amide bonds. The molecule has 0 aliphatic rings. The molecule has 6 nitrogen and oxygen atoms in total. The zero-order valence-corrected chi connectivity index (χ0v) is 10.7. The Kier molecular flexibility index (Phi) is 3.18. The van der Waals surface area contributed by atoms with Gasteiger partial charge in [-0.15, -0.1) is 21.8 Å². The van der Waals surface area contributed by atoms with Crippen LogP contribution in [-0.2, 0) is 12.4 Å². The lowest BCUT2D eigenvalue weighted by Crippen LogP contribution is -2.11. The van der Waals surface area contributed by atoms with Gasteiger partial charge in [-0.1, -0.05) is 18.2 Å². The number of hydrogen-bond donors (Lipinski definition) is 1. The first-order valence-electron chi connectivity index (χ1n) is 5.75. The number of fused-ring (bicyclic) bond motifs is 1. The van der Waals surface area contributed by atoms with E-state index in [-0.39, 0.29) is 12.4 Å². The first-order chi connectivity index (χ1) is 9.26. The summed E-state index contributed by atoms with van der Waals surface area (Å²) in [6, 6.07) is 9.38. The lowest BCUT2D eigenvalue weighted by molar-refractivity contribution is 0.122. The third-order valence-electron chi connectivity index (χ3n) is 2.72. The Morgan fingerprint density at radius 2 is 2.21 bits per heavy atom. The molecule has 0 aliphatic carbocycles. The van der Waals surface area contributed by atoms with E-state index in [9.17, 15) is 5.11 Å². The Bertz CT molecular complexity index is 661. The lowest BCUT2D eigenvalue weighted by atomic mass is 10.2. The van der Waals surface area contributed by atoms with Crippen molar-refractivity contribution in [2.45, 2.75) is 18.5 Å². The maximum absolute atomic E-state index is 10.1. The summed E-state index contributed by atoms with van der Waals surface area (Å²) in [5, 5.41) is 22.6. The molecule has 1 unspecified atom stereocenters. The normalized spacial score (nSPS) is 12.9. The Morgan fingerprint density at radius 1 is 1.37 bits per heavy atom. The van der Waals surface area contributed by atoms with Crippen molar-refractivity contribution in [3.05, 3.63) is 41.9 Å². The van der Waals surface area contributed by atoms with Crippen molar-refractivity contribution in [3.63, 3.8) is 0 Å². The minimum absolute atomic E-state index is 0.170. The number of alkyl halides is 1. The number of aliphatic hydroxyl groups is 1. The van der Waals surface area contributed by atoms with Crippen LogP contribution in [0.2, 0.25) is 0 Å². The van der Waals surface area contributed by atoms with E-state index in [0.717, 1.165) is 11.0 Å². The second-order valence-electron chi connectivity index (χ2n) is 4.10. The van der Waals surface area contributed by atoms with Crippen LogP contribution in [0.5, 0.6) is 0 Å². The second kappa shape index (κ2) is 4.99. The average molecular weight is 279 g/mol. The van der Waals surface area contributed by atoms with E-state index in [1.165, 1.54) is 4.80 Å². The first-order valence-corrected chi connectivity index (χ1v) is 6.29. The number of rotatable bonds is 4. The molecule has 2 aromatic heterocycles. The second-order valence-corrected chi connectivity index (χ2v) is 4.36. The zero-order valence-electron chi connectivity index (χ0n) is 9.90. The Morgan fingerprint density at radius 3 is 2.95 bits per heavy atom. The lowest BCUT2D eigenvalue weighted by Gasteiger charge is -2.05. The van der Waals surface area contributed by atoms with Crippen LogP contribution in [0.1, 0.15) is 17.7 Å². The molecule has 3 rings (SSSR count). The van der Waals surface area contributed by atoms with E-state index in [2.05, 4.69) is 15.4 Å². The van der Waals surface area contributed by atoms with Gasteiger partial charge in [-0.05, 0) is 17.3 Å². The van der Waals surface area contributed by atoms with Crippen molar-refractivity contribution < 1.29 is 9.52 Å². The molecule has 0 fully saturated rings. The summed E-state index contributed by atoms with van der Waals surface area (Å²) in [5.74, 6) is 1.10. The Hall–Kier alpha value is -1.92. The van der Waals surface area contributed by atoms with E-state index in [1.54, 1.807) is 6.07 Å². The average Bonchev–Trinajstić information content (AvgIpc) is 3.04. The highest BCUT2D eigenvalue weighted by Crippen LogP contribution is 2.24. The molecule has 1 atom stereocenters. The summed E-state index contributed by atoms with van der Waals surface area (Å²) < 4.78 is 5.57. The van der Waals surface area contributed by atoms with Crippen LogP contribution in [-0.4, -0.2) is 25.3 Å². The summed E-state index contributed by atoms with van der Waals surface area (Å²) in [4.78, 5) is 1.30. The fourth-order valence-corrected chi connectivity index (χ4v) is 1.93. The topological polar surface area (TPSA) is 77.0 Å². The minimum atomic E-state index is -0.829. The van der Waals surface area contributed by atoms with Crippen molar-refractivity contribution >= 4 is 22.6 Å². The van der Waals surface area contributed by atoms with E-state index >= 15 is 0 Å². The highest BCUT2D eigenvalue weighted by molar-refractivity contribution is 6.16. The van der Waals surface area contributed by atoms with Crippen molar-refractivity contribution in [3.8, 4) is 0 Å². The largest absolute Gasteiger partial charge is 0.458 e. The summed E-state index contributed by atoms with van der Waals surface area (Å²) in [5.41, 5.74) is 0.740. The van der Waals surface area contributed by atoms with E-state index < -0.39 is 6.10 Å². The molecule has 0 saturated heterocycles. The molecule has 0 bridgehead atoms. The smallest absolute Gasteiger partial charge is 0.189 e. The van der Waals surface area contributed by atoms with Crippen LogP contribution < -0.4 is 0 Å². The van der Waals surface area contributed by atoms with E-state index in [1.807, 2.05) is 24.3 Å². The maximum Gasteiger partial charge on any atom is 0.189 e. The number of hydrogen-bond acceptors (Lipinski definition) is 5. The number of benzene rings is 1. The molecule has 2 heterocycles. The number of aromatic nitrogens is 4. The molecule has 7 heteroatoms. The number of aliphatic hydroxyl groups excluding tert-OH is 1. The SMILES string of the molecule is OC(Cn1nnc(CCl)n1)c1cc2ccccc2o1. The highest BCUT2D eigenvalue weighted by Gasteiger charge is 2.15. The number of furan rings is 1. The van der Waals surface area contributed by atoms with E-state index in [0.29, 0.717) is 11.6 Å². The van der Waals surface area contributed by atoms with Crippen LogP contribution in [0.25, 0.3) is 11.0 Å². The summed E-state index contributed by atoms with van der Waals surface area (Å²) in [7, 11) is 0. The molecule has 1 N–H and O–H groups in total. The monoisotopic (exact) mass is 278 g/mol.